The van der Waals surface area contributed by atoms with Gasteiger partial charge in [0.1, 0.15) is 11.6 Å². The summed E-state index contributed by atoms with van der Waals surface area (Å²) >= 11 is 0. The molecule has 0 spiro atoms. The predicted octanol–water partition coefficient (Wildman–Crippen LogP) is 16.7. The van der Waals surface area contributed by atoms with Gasteiger partial charge in [-0.1, -0.05) is 185 Å². The van der Waals surface area contributed by atoms with Gasteiger partial charge in [-0.3, -0.25) is 9.55 Å². The van der Waals surface area contributed by atoms with Crippen molar-refractivity contribution in [2.75, 3.05) is 0 Å². The number of rotatable bonds is 8. The fourth-order valence-electron chi connectivity index (χ4n) is 8.08. The topological polar surface area (TPSA) is 50.9 Å². The van der Waals surface area contributed by atoms with E-state index in [1.165, 1.54) is 5.56 Å². The average molecular weight is 1060 g/mol. The molecular weight excluding hydrogens is 986 g/mol. The van der Waals surface area contributed by atoms with E-state index in [-0.39, 0.29) is 48.9 Å². The summed E-state index contributed by atoms with van der Waals surface area (Å²) in [6.07, 6.45) is -0.612. The van der Waals surface area contributed by atoms with Gasteiger partial charge in [0.05, 0.1) is 31.9 Å². The Labute approximate surface area is 425 Å². The first-order valence-electron chi connectivity index (χ1n) is 28.2. The molecule has 6 aromatic carbocycles. The van der Waals surface area contributed by atoms with Gasteiger partial charge >= 0.3 is 0 Å². The normalized spacial score (nSPS) is 15.4. The zero-order valence-corrected chi connectivity index (χ0v) is 42.5. The molecule has 0 aliphatic rings. The standard InChI is InChI=1S/C61H66N3O.Pt/c1-37(2)43-33-50(38(3)4)57(65)52(34-43)58-63-56-49(44-30-45(32-48(31-44)61(12,13)14)53-35-42(28-29-62-53)40-20-18-39(5)19-21-40)16-15-17-55(56)64(58)54-27-26-47(60(9,10)11)36-51(54)41-22-24-46(25-23-41)59(6,7)8;/h15-29,31-38,65H,1-14H3;/q-1;/i5D3,18D,19D,20D,21D,28D,29D,35D,37D,38D;. The van der Waals surface area contributed by atoms with Crippen molar-refractivity contribution in [3.63, 3.8) is 0 Å². The largest absolute Gasteiger partial charge is 0.507 e. The molecule has 1 N–H and O–H groups in total. The van der Waals surface area contributed by atoms with Gasteiger partial charge in [-0.15, -0.1) is 29.3 Å². The second-order valence-electron chi connectivity index (χ2n) is 20.6. The van der Waals surface area contributed by atoms with Gasteiger partial charge in [0.2, 0.25) is 0 Å². The van der Waals surface area contributed by atoms with Gasteiger partial charge in [0.15, 0.2) is 0 Å². The Bertz CT molecular complexity index is 3650. The number of nitrogens with zero attached hydrogens (tertiary/aromatic N) is 3. The number of phenols is 1. The van der Waals surface area contributed by atoms with E-state index in [2.05, 4.69) is 95.1 Å². The minimum absolute atomic E-state index is 0. The molecule has 0 unspecified atom stereocenters. The number of pyridine rings is 1. The van der Waals surface area contributed by atoms with Gasteiger partial charge in [0, 0.05) is 45.3 Å². The van der Waals surface area contributed by atoms with Crippen molar-refractivity contribution in [1.29, 1.82) is 0 Å². The van der Waals surface area contributed by atoms with Crippen molar-refractivity contribution in [2.24, 2.45) is 0 Å². The molecule has 0 amide bonds. The quantitative estimate of drug-likeness (QED) is 0.154. The number of aromatic nitrogens is 3. The molecule has 0 bridgehead atoms. The van der Waals surface area contributed by atoms with Crippen LogP contribution in [0.3, 0.4) is 0 Å². The van der Waals surface area contributed by atoms with E-state index in [4.69, 9.17) is 17.3 Å². The summed E-state index contributed by atoms with van der Waals surface area (Å²) < 4.78 is 107. The zero-order chi connectivity index (χ0) is 57.2. The smallest absolute Gasteiger partial charge is 0.148 e. The molecule has 66 heavy (non-hydrogen) atoms. The Hall–Kier alpha value is -5.57. The molecular formula is C61H66N3OPt-. The predicted molar refractivity (Wildman–Crippen MR) is 276 cm³/mol. The Balaban J connectivity index is 0.00000882. The molecule has 2 aromatic heterocycles. The number of benzene rings is 6. The monoisotopic (exact) mass is 1060 g/mol. The van der Waals surface area contributed by atoms with Crippen LogP contribution in [0, 0.1) is 12.9 Å². The first kappa shape index (κ1) is 34.7. The summed E-state index contributed by atoms with van der Waals surface area (Å²) in [6, 6.07) is 27.1. The maximum atomic E-state index is 12.5. The Morgan fingerprint density at radius 3 is 1.92 bits per heavy atom. The Morgan fingerprint density at radius 1 is 0.652 bits per heavy atom. The summed E-state index contributed by atoms with van der Waals surface area (Å²) in [7, 11) is 0. The molecule has 0 aliphatic carbocycles. The van der Waals surface area contributed by atoms with Gasteiger partial charge in [-0.25, -0.2) is 4.98 Å². The van der Waals surface area contributed by atoms with Crippen molar-refractivity contribution < 1.29 is 42.6 Å². The van der Waals surface area contributed by atoms with E-state index < -0.39 is 83.2 Å². The minimum atomic E-state index is -2.99. The molecule has 8 aromatic rings. The van der Waals surface area contributed by atoms with Crippen LogP contribution in [0.4, 0.5) is 0 Å². The van der Waals surface area contributed by atoms with Crippen LogP contribution in [0.2, 0.25) is 0 Å². The third kappa shape index (κ3) is 9.63. The number of para-hydroxylation sites is 1. The Kier molecular flexibility index (Phi) is 9.60. The molecule has 0 saturated heterocycles. The number of fused-ring (bicyclic) bond motifs is 1. The van der Waals surface area contributed by atoms with Crippen molar-refractivity contribution >= 4 is 11.0 Å². The number of aromatic hydroxyl groups is 1. The maximum Gasteiger partial charge on any atom is 0.148 e. The fraction of sp³-hybridized carbons (Fsp3) is 0.311. The molecule has 0 saturated carbocycles. The minimum Gasteiger partial charge on any atom is -0.507 e. The molecule has 2 heterocycles. The van der Waals surface area contributed by atoms with E-state index in [0.29, 0.717) is 44.7 Å². The molecule has 0 aliphatic heterocycles. The van der Waals surface area contributed by atoms with Crippen LogP contribution in [0.1, 0.15) is 152 Å². The second-order valence-corrected chi connectivity index (χ2v) is 20.6. The average Bonchev–Trinajstić information content (AvgIpc) is 3.72. The first-order chi connectivity index (χ1) is 35.3. The van der Waals surface area contributed by atoms with Crippen molar-refractivity contribution in [3.05, 3.63) is 167 Å². The van der Waals surface area contributed by atoms with Crippen LogP contribution in [0.5, 0.6) is 5.75 Å². The van der Waals surface area contributed by atoms with Gasteiger partial charge < -0.3 is 5.11 Å². The number of imidazole rings is 1. The summed E-state index contributed by atoms with van der Waals surface area (Å²) in [4.78, 5) is 9.91. The van der Waals surface area contributed by atoms with Crippen LogP contribution in [0.15, 0.2) is 127 Å². The molecule has 8 rings (SSSR count). The second kappa shape index (κ2) is 18.3. The summed E-state index contributed by atoms with van der Waals surface area (Å²) in [5.74, 6) is -2.22. The van der Waals surface area contributed by atoms with Crippen LogP contribution in [-0.4, -0.2) is 19.6 Å². The number of hydrogen-bond acceptors (Lipinski definition) is 3. The zero-order valence-electron chi connectivity index (χ0n) is 52.2. The van der Waals surface area contributed by atoms with E-state index in [0.717, 1.165) is 27.9 Å². The molecule has 0 fully saturated rings. The van der Waals surface area contributed by atoms with Gasteiger partial charge in [-0.05, 0) is 104 Å². The van der Waals surface area contributed by atoms with E-state index in [9.17, 15) is 9.22 Å². The first-order valence-corrected chi connectivity index (χ1v) is 22.2. The number of phenolic OH excluding ortho intramolecular Hbond substituents is 1. The SMILES string of the molecule is [2H]c1nc(-c2[c-]c(-c3cccc4c3nc(-c3cc(C([2H])(C)C)cc(C([2H])(C)C)c3O)n4-c3ccc(C(C)(C)C)cc3-c3ccc(C(C)(C)C)cc3)cc(C(C)(C)C)c2)c([2H])c(-c2c([2H])c([2H])c(C([2H])([2H])[2H])c([2H])c2[2H])c1[2H].[Pt]. The van der Waals surface area contributed by atoms with Crippen molar-refractivity contribution in [2.45, 2.75) is 125 Å². The Morgan fingerprint density at radius 2 is 1.30 bits per heavy atom. The van der Waals surface area contributed by atoms with E-state index in [1.807, 2.05) is 49.6 Å². The summed E-state index contributed by atoms with van der Waals surface area (Å²) in [5, 5.41) is 12.5. The van der Waals surface area contributed by atoms with Crippen LogP contribution >= 0.6 is 0 Å². The number of hydrogen-bond donors (Lipinski definition) is 1. The van der Waals surface area contributed by atoms with E-state index in [1.54, 1.807) is 45.9 Å². The molecule has 4 nitrogen and oxygen atoms in total. The van der Waals surface area contributed by atoms with Crippen molar-refractivity contribution in [1.82, 2.24) is 14.5 Å². The van der Waals surface area contributed by atoms with Crippen LogP contribution in [-0.2, 0) is 37.3 Å². The fourth-order valence-corrected chi connectivity index (χ4v) is 8.08. The molecule has 5 heteroatoms. The van der Waals surface area contributed by atoms with Crippen molar-refractivity contribution in [3.8, 4) is 67.5 Å². The molecule has 0 radical (unpaired) electrons. The van der Waals surface area contributed by atoms with Crippen LogP contribution in [0.25, 0.3) is 72.7 Å². The van der Waals surface area contributed by atoms with Gasteiger partial charge in [0.25, 0.3) is 0 Å². The third-order valence-corrected chi connectivity index (χ3v) is 12.1. The van der Waals surface area contributed by atoms with E-state index >= 15 is 0 Å². The summed E-state index contributed by atoms with van der Waals surface area (Å²) in [6.45, 7) is 23.0. The summed E-state index contributed by atoms with van der Waals surface area (Å²) in [5.41, 5.74) is 6.58. The van der Waals surface area contributed by atoms with Crippen LogP contribution < -0.4 is 0 Å². The molecule has 342 valence electrons. The van der Waals surface area contributed by atoms with Gasteiger partial charge in [-0.2, -0.15) is 0 Å². The maximum absolute atomic E-state index is 12.5. The third-order valence-electron chi connectivity index (χ3n) is 12.1. The molecule has 0 atom stereocenters.